The summed E-state index contributed by atoms with van der Waals surface area (Å²) in [5.74, 6) is -0.980. The van der Waals surface area contributed by atoms with Gasteiger partial charge in [0, 0.05) is 16.0 Å². The van der Waals surface area contributed by atoms with Gasteiger partial charge in [0.25, 0.3) is 0 Å². The Hall–Kier alpha value is -1.33. The summed E-state index contributed by atoms with van der Waals surface area (Å²) in [6.45, 7) is 3.11. The number of carbonyl (C=O) groups is 1. The largest absolute Gasteiger partial charge is 0.481 e. The Bertz CT molecular complexity index is 687. The molecule has 0 saturated carbocycles. The molecule has 1 aromatic carbocycles. The minimum atomic E-state index is -3.51. The third-order valence-corrected chi connectivity index (χ3v) is 4.97. The van der Waals surface area contributed by atoms with E-state index in [2.05, 4.69) is 0 Å². The highest BCUT2D eigenvalue weighted by atomic mass is 35.5. The molecule has 0 unspecified atom stereocenters. The molecule has 1 aliphatic rings. The zero-order valence-corrected chi connectivity index (χ0v) is 12.0. The van der Waals surface area contributed by atoms with E-state index in [1.54, 1.807) is 26.0 Å². The normalized spacial score (nSPS) is 16.9. The highest BCUT2D eigenvalue weighted by molar-refractivity contribution is 7.95. The molecular weight excluding hydrogens is 288 g/mol. The molecule has 102 valence electrons. The highest BCUT2D eigenvalue weighted by Gasteiger charge is 2.35. The van der Waals surface area contributed by atoms with Crippen molar-refractivity contribution in [3.05, 3.63) is 34.2 Å². The van der Waals surface area contributed by atoms with Gasteiger partial charge in [0.1, 0.15) is 0 Å². The van der Waals surface area contributed by atoms with Gasteiger partial charge >= 0.3 is 5.97 Å². The molecule has 1 N–H and O–H groups in total. The summed E-state index contributed by atoms with van der Waals surface area (Å²) in [6, 6.07) is 4.65. The number of hydrogen-bond acceptors (Lipinski definition) is 3. The Balaban J connectivity index is 2.55. The van der Waals surface area contributed by atoms with Crippen molar-refractivity contribution < 1.29 is 18.3 Å². The van der Waals surface area contributed by atoms with Crippen LogP contribution in [-0.4, -0.2) is 19.5 Å². The standard InChI is InChI=1S/C13H13ClO4S/c1-13(2,12(15)16)6-8-7-19(17,18)10-5-3-4-9(14)11(8)10/h3-5,7H,6H2,1-2H3,(H,15,16). The lowest BCUT2D eigenvalue weighted by Gasteiger charge is -2.20. The molecule has 6 heteroatoms. The summed E-state index contributed by atoms with van der Waals surface area (Å²) in [5, 5.41) is 10.6. The predicted octanol–water partition coefficient (Wildman–Crippen LogP) is 2.97. The SMILES string of the molecule is CC(C)(CC1=CS(=O)(=O)c2cccc(Cl)c21)C(=O)O. The van der Waals surface area contributed by atoms with Gasteiger partial charge in [-0.05, 0) is 38.0 Å². The molecule has 1 aromatic rings. The summed E-state index contributed by atoms with van der Waals surface area (Å²) < 4.78 is 24.0. The Morgan fingerprint density at radius 2 is 2.00 bits per heavy atom. The maximum atomic E-state index is 12.0. The van der Waals surface area contributed by atoms with Crippen LogP contribution in [0.4, 0.5) is 0 Å². The Morgan fingerprint density at radius 1 is 1.37 bits per heavy atom. The van der Waals surface area contributed by atoms with Gasteiger partial charge in [-0.25, -0.2) is 8.42 Å². The van der Waals surface area contributed by atoms with Crippen molar-refractivity contribution in [1.82, 2.24) is 0 Å². The fourth-order valence-corrected chi connectivity index (χ4v) is 3.89. The minimum Gasteiger partial charge on any atom is -0.481 e. The predicted molar refractivity (Wildman–Crippen MR) is 72.6 cm³/mol. The second kappa shape index (κ2) is 4.35. The fourth-order valence-electron chi connectivity index (χ4n) is 2.04. The second-order valence-electron chi connectivity index (χ2n) is 5.17. The molecule has 4 nitrogen and oxygen atoms in total. The van der Waals surface area contributed by atoms with Crippen molar-refractivity contribution in [3.63, 3.8) is 0 Å². The average molecular weight is 301 g/mol. The second-order valence-corrected chi connectivity index (χ2v) is 7.34. The van der Waals surface area contributed by atoms with Crippen molar-refractivity contribution in [2.75, 3.05) is 0 Å². The maximum absolute atomic E-state index is 12.0. The lowest BCUT2D eigenvalue weighted by Crippen LogP contribution is -2.23. The summed E-state index contributed by atoms with van der Waals surface area (Å²) in [7, 11) is -3.51. The van der Waals surface area contributed by atoms with Crippen LogP contribution in [0.25, 0.3) is 5.57 Å². The van der Waals surface area contributed by atoms with Gasteiger partial charge in [0.15, 0.2) is 0 Å². The number of carboxylic acids is 1. The molecule has 0 atom stereocenters. The van der Waals surface area contributed by atoms with Gasteiger partial charge in [-0.15, -0.1) is 0 Å². The minimum absolute atomic E-state index is 0.109. The summed E-state index contributed by atoms with van der Waals surface area (Å²) >= 11 is 6.05. The molecular formula is C13H13ClO4S. The van der Waals surface area contributed by atoms with E-state index in [4.69, 9.17) is 16.7 Å². The molecule has 0 bridgehead atoms. The molecule has 0 amide bonds. The van der Waals surface area contributed by atoms with E-state index in [1.165, 1.54) is 6.07 Å². The van der Waals surface area contributed by atoms with Crippen LogP contribution in [0.5, 0.6) is 0 Å². The van der Waals surface area contributed by atoms with Crippen molar-refractivity contribution in [2.45, 2.75) is 25.2 Å². The molecule has 1 aliphatic heterocycles. The first-order valence-corrected chi connectivity index (χ1v) is 7.55. The zero-order valence-electron chi connectivity index (χ0n) is 10.5. The van der Waals surface area contributed by atoms with Gasteiger partial charge in [-0.1, -0.05) is 17.7 Å². The Kier molecular flexibility index (Phi) is 3.23. The smallest absolute Gasteiger partial charge is 0.309 e. The first-order valence-electron chi connectivity index (χ1n) is 5.63. The van der Waals surface area contributed by atoms with Crippen LogP contribution in [0, 0.1) is 5.41 Å². The van der Waals surface area contributed by atoms with Crippen LogP contribution in [-0.2, 0) is 14.6 Å². The molecule has 2 rings (SSSR count). The topological polar surface area (TPSA) is 71.4 Å². The Morgan fingerprint density at radius 3 is 2.58 bits per heavy atom. The van der Waals surface area contributed by atoms with Gasteiger partial charge in [0.2, 0.25) is 9.84 Å². The van der Waals surface area contributed by atoms with E-state index in [0.29, 0.717) is 16.2 Å². The molecule has 0 spiro atoms. The molecule has 0 aromatic heterocycles. The number of fused-ring (bicyclic) bond motifs is 1. The molecule has 0 radical (unpaired) electrons. The van der Waals surface area contributed by atoms with Crippen LogP contribution in [0.15, 0.2) is 28.5 Å². The number of aliphatic carboxylic acids is 1. The number of carboxylic acid groups (broad SMARTS) is 1. The number of halogens is 1. The van der Waals surface area contributed by atoms with Crippen LogP contribution >= 0.6 is 11.6 Å². The van der Waals surface area contributed by atoms with E-state index in [-0.39, 0.29) is 11.3 Å². The monoisotopic (exact) mass is 300 g/mol. The quantitative estimate of drug-likeness (QED) is 0.931. The Labute approximate surface area is 116 Å². The van der Waals surface area contributed by atoms with Gasteiger partial charge < -0.3 is 5.11 Å². The third-order valence-electron chi connectivity index (χ3n) is 3.11. The van der Waals surface area contributed by atoms with Crippen LogP contribution < -0.4 is 0 Å². The van der Waals surface area contributed by atoms with E-state index in [9.17, 15) is 13.2 Å². The van der Waals surface area contributed by atoms with Crippen LogP contribution in [0.2, 0.25) is 5.02 Å². The van der Waals surface area contributed by atoms with Crippen molar-refractivity contribution in [3.8, 4) is 0 Å². The first-order chi connectivity index (χ1) is 8.65. The fraction of sp³-hybridized carbons (Fsp3) is 0.308. The summed E-state index contributed by atoms with van der Waals surface area (Å²) in [4.78, 5) is 11.3. The lowest BCUT2D eigenvalue weighted by atomic mass is 9.84. The van der Waals surface area contributed by atoms with Crippen LogP contribution in [0.1, 0.15) is 25.8 Å². The van der Waals surface area contributed by atoms with Gasteiger partial charge in [-0.3, -0.25) is 4.79 Å². The molecule has 19 heavy (non-hydrogen) atoms. The van der Waals surface area contributed by atoms with Crippen molar-refractivity contribution in [2.24, 2.45) is 5.41 Å². The third kappa shape index (κ3) is 2.40. The van der Waals surface area contributed by atoms with E-state index in [1.807, 2.05) is 0 Å². The zero-order chi connectivity index (χ0) is 14.4. The summed E-state index contributed by atoms with van der Waals surface area (Å²) in [5.41, 5.74) is -0.172. The van der Waals surface area contributed by atoms with Crippen LogP contribution in [0.3, 0.4) is 0 Å². The number of benzene rings is 1. The van der Waals surface area contributed by atoms with Crippen molar-refractivity contribution >= 4 is 33.0 Å². The van der Waals surface area contributed by atoms with E-state index >= 15 is 0 Å². The highest BCUT2D eigenvalue weighted by Crippen LogP contribution is 2.43. The molecule has 1 heterocycles. The van der Waals surface area contributed by atoms with E-state index in [0.717, 1.165) is 5.41 Å². The number of allylic oxidation sites excluding steroid dienone is 1. The average Bonchev–Trinajstić information content (AvgIpc) is 2.51. The molecule has 0 fully saturated rings. The van der Waals surface area contributed by atoms with Gasteiger partial charge in [-0.2, -0.15) is 0 Å². The summed E-state index contributed by atoms with van der Waals surface area (Å²) in [6.07, 6.45) is 0.109. The molecule has 0 saturated heterocycles. The lowest BCUT2D eigenvalue weighted by molar-refractivity contribution is -0.146. The van der Waals surface area contributed by atoms with Crippen molar-refractivity contribution in [1.29, 1.82) is 0 Å². The number of hydrogen-bond donors (Lipinski definition) is 1. The first kappa shape index (κ1) is 14.1. The molecule has 0 aliphatic carbocycles. The van der Waals surface area contributed by atoms with Gasteiger partial charge in [0.05, 0.1) is 10.3 Å². The number of rotatable bonds is 3. The maximum Gasteiger partial charge on any atom is 0.309 e. The number of sulfone groups is 1. The van der Waals surface area contributed by atoms with E-state index < -0.39 is 21.2 Å².